The number of nitrogens with two attached hydrogens (primary N) is 1. The van der Waals surface area contributed by atoms with Gasteiger partial charge in [-0.2, -0.15) is 4.98 Å². The van der Waals surface area contributed by atoms with E-state index in [2.05, 4.69) is 51.1 Å². The molecule has 3 rings (SSSR count). The number of nitrogens with zero attached hydrogens (tertiary/aromatic N) is 3. The van der Waals surface area contributed by atoms with Crippen LogP contribution in [0.5, 0.6) is 0 Å². The summed E-state index contributed by atoms with van der Waals surface area (Å²) < 4.78 is 0. The average Bonchev–Trinajstić information content (AvgIpc) is 2.47. The SMILES string of the molecule is Cc1ccc(CCc2cnc3nc(N)[nH]c(=O)c3n2)cc1. The Labute approximate surface area is 121 Å². The van der Waals surface area contributed by atoms with Gasteiger partial charge in [-0.3, -0.25) is 9.78 Å². The van der Waals surface area contributed by atoms with Crippen molar-refractivity contribution in [1.29, 1.82) is 0 Å². The molecule has 0 spiro atoms. The van der Waals surface area contributed by atoms with E-state index in [1.807, 2.05) is 0 Å². The van der Waals surface area contributed by atoms with Crippen molar-refractivity contribution in [1.82, 2.24) is 19.9 Å². The molecule has 0 radical (unpaired) electrons. The Morgan fingerprint density at radius 2 is 1.90 bits per heavy atom. The van der Waals surface area contributed by atoms with Crippen LogP contribution < -0.4 is 11.3 Å². The van der Waals surface area contributed by atoms with Crippen LogP contribution in [0, 0.1) is 6.92 Å². The molecule has 0 aliphatic rings. The fourth-order valence-corrected chi connectivity index (χ4v) is 2.12. The molecule has 6 heteroatoms. The largest absolute Gasteiger partial charge is 0.369 e. The lowest BCUT2D eigenvalue weighted by atomic mass is 10.1. The van der Waals surface area contributed by atoms with Crippen molar-refractivity contribution in [2.24, 2.45) is 0 Å². The van der Waals surface area contributed by atoms with Gasteiger partial charge in [0, 0.05) is 0 Å². The second-order valence-corrected chi connectivity index (χ2v) is 4.97. The summed E-state index contributed by atoms with van der Waals surface area (Å²) in [6.45, 7) is 2.06. The maximum Gasteiger partial charge on any atom is 0.280 e. The van der Waals surface area contributed by atoms with Crippen LogP contribution in [0.2, 0.25) is 0 Å². The summed E-state index contributed by atoms with van der Waals surface area (Å²) in [6, 6.07) is 8.36. The lowest BCUT2D eigenvalue weighted by Crippen LogP contribution is -2.14. The summed E-state index contributed by atoms with van der Waals surface area (Å²) >= 11 is 0. The topological polar surface area (TPSA) is 97.5 Å². The molecule has 0 unspecified atom stereocenters. The number of aromatic nitrogens is 4. The van der Waals surface area contributed by atoms with E-state index in [0.717, 1.165) is 18.5 Å². The van der Waals surface area contributed by atoms with Gasteiger partial charge in [0.2, 0.25) is 5.95 Å². The lowest BCUT2D eigenvalue weighted by Gasteiger charge is -2.03. The van der Waals surface area contributed by atoms with Crippen LogP contribution in [0.1, 0.15) is 16.8 Å². The Hall–Kier alpha value is -2.76. The van der Waals surface area contributed by atoms with E-state index < -0.39 is 0 Å². The second-order valence-electron chi connectivity index (χ2n) is 4.97. The average molecular weight is 281 g/mol. The number of hydrogen-bond donors (Lipinski definition) is 2. The van der Waals surface area contributed by atoms with Crippen LogP contribution in [-0.4, -0.2) is 19.9 Å². The zero-order valence-electron chi connectivity index (χ0n) is 11.6. The number of rotatable bonds is 3. The Kier molecular flexibility index (Phi) is 3.35. The summed E-state index contributed by atoms with van der Waals surface area (Å²) in [5.74, 6) is 0.0502. The molecule has 0 aliphatic heterocycles. The predicted molar refractivity (Wildman–Crippen MR) is 81.0 cm³/mol. The van der Waals surface area contributed by atoms with Gasteiger partial charge in [-0.1, -0.05) is 29.8 Å². The Bertz CT molecular complexity index is 839. The first-order chi connectivity index (χ1) is 10.1. The molecular weight excluding hydrogens is 266 g/mol. The third-order valence-corrected chi connectivity index (χ3v) is 3.28. The minimum Gasteiger partial charge on any atom is -0.369 e. The predicted octanol–water partition coefficient (Wildman–Crippen LogP) is 1.39. The molecule has 0 aliphatic carbocycles. The quantitative estimate of drug-likeness (QED) is 0.756. The van der Waals surface area contributed by atoms with Crippen molar-refractivity contribution in [3.8, 4) is 0 Å². The van der Waals surface area contributed by atoms with Gasteiger partial charge in [0.1, 0.15) is 0 Å². The summed E-state index contributed by atoms with van der Waals surface area (Å²) in [4.78, 5) is 26.6. The molecule has 0 saturated carbocycles. The van der Waals surface area contributed by atoms with Gasteiger partial charge in [0.25, 0.3) is 5.56 Å². The monoisotopic (exact) mass is 281 g/mol. The lowest BCUT2D eigenvalue weighted by molar-refractivity contribution is 0.906. The van der Waals surface area contributed by atoms with Gasteiger partial charge in [0.05, 0.1) is 11.9 Å². The van der Waals surface area contributed by atoms with Crippen molar-refractivity contribution in [3.05, 3.63) is 57.6 Å². The number of anilines is 1. The standard InChI is InChI=1S/C15H15N5O/c1-9-2-4-10(5-3-9)6-7-11-8-17-13-12(18-11)14(21)20-15(16)19-13/h2-5,8H,6-7H2,1H3,(H3,16,17,19,20,21). The number of hydrogen-bond acceptors (Lipinski definition) is 5. The second kappa shape index (κ2) is 5.32. The van der Waals surface area contributed by atoms with Gasteiger partial charge in [0.15, 0.2) is 11.2 Å². The van der Waals surface area contributed by atoms with E-state index >= 15 is 0 Å². The van der Waals surface area contributed by atoms with E-state index in [1.54, 1.807) is 6.20 Å². The molecule has 0 amide bonds. The highest BCUT2D eigenvalue weighted by Crippen LogP contribution is 2.09. The molecule has 21 heavy (non-hydrogen) atoms. The van der Waals surface area contributed by atoms with Crippen LogP contribution in [0.25, 0.3) is 11.2 Å². The van der Waals surface area contributed by atoms with Gasteiger partial charge >= 0.3 is 0 Å². The summed E-state index contributed by atoms with van der Waals surface area (Å²) in [5, 5.41) is 0. The van der Waals surface area contributed by atoms with Gasteiger partial charge in [-0.15, -0.1) is 0 Å². The smallest absolute Gasteiger partial charge is 0.280 e. The van der Waals surface area contributed by atoms with Crippen LogP contribution in [0.15, 0.2) is 35.3 Å². The van der Waals surface area contributed by atoms with Gasteiger partial charge in [-0.05, 0) is 25.3 Å². The van der Waals surface area contributed by atoms with Crippen molar-refractivity contribution < 1.29 is 0 Å². The van der Waals surface area contributed by atoms with Crippen LogP contribution in [0.4, 0.5) is 5.95 Å². The normalized spacial score (nSPS) is 10.9. The van der Waals surface area contributed by atoms with Crippen LogP contribution in [0.3, 0.4) is 0 Å². The number of benzene rings is 1. The first kappa shape index (κ1) is 13.2. The number of aromatic amines is 1. The molecule has 106 valence electrons. The molecule has 6 nitrogen and oxygen atoms in total. The number of fused-ring (bicyclic) bond motifs is 1. The summed E-state index contributed by atoms with van der Waals surface area (Å²) in [5.41, 5.74) is 8.85. The zero-order chi connectivity index (χ0) is 14.8. The number of H-pyrrole nitrogens is 1. The fraction of sp³-hybridized carbons (Fsp3) is 0.200. The molecule has 0 saturated heterocycles. The molecule has 2 heterocycles. The minimum atomic E-state index is -0.359. The first-order valence-electron chi connectivity index (χ1n) is 6.69. The van der Waals surface area contributed by atoms with Gasteiger partial charge in [-0.25, -0.2) is 9.97 Å². The third-order valence-electron chi connectivity index (χ3n) is 3.28. The van der Waals surface area contributed by atoms with E-state index in [-0.39, 0.29) is 22.7 Å². The fourth-order valence-electron chi connectivity index (χ4n) is 2.12. The Morgan fingerprint density at radius 1 is 1.14 bits per heavy atom. The highest BCUT2D eigenvalue weighted by Gasteiger charge is 2.06. The summed E-state index contributed by atoms with van der Waals surface area (Å²) in [6.07, 6.45) is 3.21. The third kappa shape index (κ3) is 2.89. The molecule has 2 aromatic heterocycles. The van der Waals surface area contributed by atoms with E-state index in [1.165, 1.54) is 11.1 Å². The van der Waals surface area contributed by atoms with Gasteiger partial charge < -0.3 is 5.73 Å². The van der Waals surface area contributed by atoms with Crippen LogP contribution >= 0.6 is 0 Å². The van der Waals surface area contributed by atoms with E-state index in [4.69, 9.17) is 5.73 Å². The molecule has 3 aromatic rings. The zero-order valence-corrected chi connectivity index (χ0v) is 11.6. The molecule has 3 N–H and O–H groups in total. The number of nitrogen functional groups attached to an aromatic ring is 1. The van der Waals surface area contributed by atoms with Crippen LogP contribution in [-0.2, 0) is 12.8 Å². The Morgan fingerprint density at radius 3 is 2.67 bits per heavy atom. The highest BCUT2D eigenvalue weighted by atomic mass is 16.1. The first-order valence-corrected chi connectivity index (χ1v) is 6.69. The summed E-state index contributed by atoms with van der Waals surface area (Å²) in [7, 11) is 0. The van der Waals surface area contributed by atoms with Crippen molar-refractivity contribution in [2.75, 3.05) is 5.73 Å². The Balaban J connectivity index is 1.84. The maximum absolute atomic E-state index is 11.8. The maximum atomic E-state index is 11.8. The molecular formula is C15H15N5O. The highest BCUT2D eigenvalue weighted by molar-refractivity contribution is 5.69. The van der Waals surface area contributed by atoms with E-state index in [0.29, 0.717) is 0 Å². The van der Waals surface area contributed by atoms with E-state index in [9.17, 15) is 4.79 Å². The minimum absolute atomic E-state index is 0.0502. The molecule has 1 aromatic carbocycles. The molecule has 0 fully saturated rings. The van der Waals surface area contributed by atoms with Crippen molar-refractivity contribution in [3.63, 3.8) is 0 Å². The van der Waals surface area contributed by atoms with Crippen molar-refractivity contribution >= 4 is 17.1 Å². The molecule has 0 bridgehead atoms. The number of nitrogens with one attached hydrogen (secondary N) is 1. The number of aryl methyl sites for hydroxylation is 3. The van der Waals surface area contributed by atoms with Crippen molar-refractivity contribution in [2.45, 2.75) is 19.8 Å². The molecule has 0 atom stereocenters.